The zero-order valence-corrected chi connectivity index (χ0v) is 20.5. The molecule has 1 saturated heterocycles. The highest BCUT2D eigenvalue weighted by molar-refractivity contribution is 6.32. The molecule has 0 aromatic carbocycles. The van der Waals surface area contributed by atoms with Gasteiger partial charge >= 0.3 is 0 Å². The van der Waals surface area contributed by atoms with E-state index in [1.54, 1.807) is 42.9 Å². The van der Waals surface area contributed by atoms with Crippen LogP contribution in [0.15, 0.2) is 36.7 Å². The van der Waals surface area contributed by atoms with Crippen molar-refractivity contribution in [3.05, 3.63) is 53.2 Å². The standard InChI is InChI=1S/C23H24ClN11O/c1-23(2,36)21-29-19-11-15(7-10-35(19)33-21)28-22-26-13-17(24)20(30-22)27-14-5-8-34(9-6-14)18-4-3-16(12-25)31-32-18/h3-4,7,10-11,13-14,36H,5-6,8-9H2,1-2H3,(H2,26,27,28,30). The van der Waals surface area contributed by atoms with Crippen LogP contribution in [-0.4, -0.2) is 59.0 Å². The van der Waals surface area contributed by atoms with E-state index in [1.165, 1.54) is 0 Å². The van der Waals surface area contributed by atoms with Gasteiger partial charge in [0.15, 0.2) is 28.8 Å². The van der Waals surface area contributed by atoms with Gasteiger partial charge in [-0.3, -0.25) is 0 Å². The van der Waals surface area contributed by atoms with Crippen LogP contribution in [0.5, 0.6) is 0 Å². The lowest BCUT2D eigenvalue weighted by molar-refractivity contribution is 0.0690. The smallest absolute Gasteiger partial charge is 0.229 e. The third-order valence-corrected chi connectivity index (χ3v) is 6.09. The first kappa shape index (κ1) is 23.7. The van der Waals surface area contributed by atoms with Crippen LogP contribution in [0.25, 0.3) is 5.65 Å². The third kappa shape index (κ3) is 5.12. The molecule has 1 fully saturated rings. The average Bonchev–Trinajstić information content (AvgIpc) is 3.31. The molecule has 36 heavy (non-hydrogen) atoms. The van der Waals surface area contributed by atoms with Crippen LogP contribution >= 0.6 is 11.6 Å². The van der Waals surface area contributed by atoms with Crippen molar-refractivity contribution in [3.63, 3.8) is 0 Å². The first-order chi connectivity index (χ1) is 17.3. The summed E-state index contributed by atoms with van der Waals surface area (Å²) >= 11 is 6.38. The predicted molar refractivity (Wildman–Crippen MR) is 134 cm³/mol. The number of aromatic nitrogens is 7. The Kier molecular flexibility index (Phi) is 6.26. The number of aliphatic hydroxyl groups is 1. The molecule has 0 unspecified atom stereocenters. The molecular weight excluding hydrogens is 482 g/mol. The molecule has 0 atom stereocenters. The number of nitrogens with zero attached hydrogens (tertiary/aromatic N) is 9. The van der Waals surface area contributed by atoms with E-state index in [9.17, 15) is 5.11 Å². The largest absolute Gasteiger partial charge is 0.382 e. The molecule has 12 nitrogen and oxygen atoms in total. The third-order valence-electron chi connectivity index (χ3n) is 5.81. The Hall–Kier alpha value is -4.08. The maximum atomic E-state index is 10.2. The van der Waals surface area contributed by atoms with Gasteiger partial charge in [0.25, 0.3) is 0 Å². The van der Waals surface area contributed by atoms with Crippen molar-refractivity contribution < 1.29 is 5.11 Å². The number of anilines is 4. The Bertz CT molecular complexity index is 1420. The van der Waals surface area contributed by atoms with E-state index in [-0.39, 0.29) is 6.04 Å². The zero-order valence-electron chi connectivity index (χ0n) is 19.7. The number of nitrogens with one attached hydrogen (secondary N) is 2. The van der Waals surface area contributed by atoms with Crippen LogP contribution in [0.2, 0.25) is 5.02 Å². The van der Waals surface area contributed by atoms with Crippen molar-refractivity contribution in [2.75, 3.05) is 28.6 Å². The van der Waals surface area contributed by atoms with Gasteiger partial charge in [-0.05, 0) is 44.9 Å². The van der Waals surface area contributed by atoms with Crippen molar-refractivity contribution in [1.82, 2.24) is 34.8 Å². The Morgan fingerprint density at radius 3 is 2.67 bits per heavy atom. The van der Waals surface area contributed by atoms with Gasteiger partial charge in [-0.15, -0.1) is 15.3 Å². The van der Waals surface area contributed by atoms with Crippen molar-refractivity contribution in [2.24, 2.45) is 0 Å². The first-order valence-electron chi connectivity index (χ1n) is 11.4. The minimum atomic E-state index is -1.13. The molecular formula is C23H24ClN11O. The highest BCUT2D eigenvalue weighted by Crippen LogP contribution is 2.26. The van der Waals surface area contributed by atoms with E-state index in [2.05, 4.69) is 45.8 Å². The van der Waals surface area contributed by atoms with Gasteiger partial charge in [-0.25, -0.2) is 14.5 Å². The molecule has 0 amide bonds. The molecule has 13 heteroatoms. The number of halogens is 1. The number of piperidine rings is 1. The van der Waals surface area contributed by atoms with E-state index >= 15 is 0 Å². The Labute approximate surface area is 212 Å². The quantitative estimate of drug-likeness (QED) is 0.354. The van der Waals surface area contributed by atoms with E-state index in [0.717, 1.165) is 37.4 Å². The first-order valence-corrected chi connectivity index (χ1v) is 11.8. The molecule has 1 aliphatic heterocycles. The summed E-state index contributed by atoms with van der Waals surface area (Å²) in [5.74, 6) is 2.04. The summed E-state index contributed by atoms with van der Waals surface area (Å²) in [5.41, 5.74) is 0.481. The summed E-state index contributed by atoms with van der Waals surface area (Å²) < 4.78 is 1.60. The minimum absolute atomic E-state index is 0.181. The van der Waals surface area contributed by atoms with Crippen LogP contribution in [0, 0.1) is 11.3 Å². The predicted octanol–water partition coefficient (Wildman–Crippen LogP) is 2.89. The lowest BCUT2D eigenvalue weighted by Gasteiger charge is -2.33. The number of hydrogen-bond donors (Lipinski definition) is 3. The molecule has 0 aliphatic carbocycles. The molecule has 5 rings (SSSR count). The summed E-state index contributed by atoms with van der Waals surface area (Å²) in [4.78, 5) is 15.4. The second kappa shape index (κ2) is 9.52. The SMILES string of the molecule is CC(C)(O)c1nc2cc(Nc3ncc(Cl)c(NC4CCN(c5ccc(C#N)nn5)CC4)n3)ccn2n1. The lowest BCUT2D eigenvalue weighted by Crippen LogP contribution is -2.39. The van der Waals surface area contributed by atoms with Crippen LogP contribution < -0.4 is 15.5 Å². The number of nitriles is 1. The van der Waals surface area contributed by atoms with Gasteiger partial charge in [0.2, 0.25) is 5.95 Å². The fourth-order valence-corrected chi connectivity index (χ4v) is 4.02. The van der Waals surface area contributed by atoms with E-state index in [1.807, 2.05) is 18.2 Å². The normalized spacial score (nSPS) is 14.6. The number of fused-ring (bicyclic) bond motifs is 1. The summed E-state index contributed by atoms with van der Waals surface area (Å²) in [6.45, 7) is 4.86. The Balaban J connectivity index is 1.24. The molecule has 4 aromatic heterocycles. The maximum absolute atomic E-state index is 10.2. The Morgan fingerprint density at radius 2 is 1.97 bits per heavy atom. The lowest BCUT2D eigenvalue weighted by atomic mass is 10.1. The molecule has 4 aromatic rings. The summed E-state index contributed by atoms with van der Waals surface area (Å²) in [7, 11) is 0. The maximum Gasteiger partial charge on any atom is 0.229 e. The van der Waals surface area contributed by atoms with Crippen molar-refractivity contribution >= 4 is 40.5 Å². The summed E-state index contributed by atoms with van der Waals surface area (Å²) in [6, 6.07) is 9.28. The second-order valence-electron chi connectivity index (χ2n) is 9.02. The highest BCUT2D eigenvalue weighted by Gasteiger charge is 2.23. The minimum Gasteiger partial charge on any atom is -0.382 e. The fraction of sp³-hybridized carbons (Fsp3) is 0.348. The number of pyridine rings is 1. The molecule has 0 bridgehead atoms. The van der Waals surface area contributed by atoms with Crippen LogP contribution in [0.3, 0.4) is 0 Å². The van der Waals surface area contributed by atoms with Crippen LogP contribution in [0.1, 0.15) is 38.2 Å². The molecule has 3 N–H and O–H groups in total. The highest BCUT2D eigenvalue weighted by atomic mass is 35.5. The van der Waals surface area contributed by atoms with E-state index in [0.29, 0.717) is 34.0 Å². The number of rotatable bonds is 6. The van der Waals surface area contributed by atoms with Crippen molar-refractivity contribution in [3.8, 4) is 6.07 Å². The molecule has 1 aliphatic rings. The number of hydrogen-bond acceptors (Lipinski definition) is 11. The van der Waals surface area contributed by atoms with Crippen LogP contribution in [-0.2, 0) is 5.60 Å². The van der Waals surface area contributed by atoms with Crippen molar-refractivity contribution in [1.29, 1.82) is 5.26 Å². The zero-order chi connectivity index (χ0) is 25.3. The van der Waals surface area contributed by atoms with Gasteiger partial charge in [0.05, 0.1) is 6.20 Å². The van der Waals surface area contributed by atoms with Gasteiger partial charge in [0.1, 0.15) is 16.7 Å². The van der Waals surface area contributed by atoms with Gasteiger partial charge in [-0.1, -0.05) is 11.6 Å². The van der Waals surface area contributed by atoms with E-state index in [4.69, 9.17) is 16.9 Å². The van der Waals surface area contributed by atoms with Crippen LogP contribution in [0.4, 0.5) is 23.3 Å². The molecule has 184 valence electrons. The van der Waals surface area contributed by atoms with Gasteiger partial charge < -0.3 is 20.6 Å². The molecule has 0 spiro atoms. The average molecular weight is 506 g/mol. The monoisotopic (exact) mass is 505 g/mol. The molecule has 5 heterocycles. The topological polar surface area (TPSA) is 153 Å². The van der Waals surface area contributed by atoms with E-state index < -0.39 is 5.60 Å². The summed E-state index contributed by atoms with van der Waals surface area (Å²) in [6.07, 6.45) is 5.03. The van der Waals surface area contributed by atoms with Gasteiger partial charge in [0, 0.05) is 37.1 Å². The molecule has 0 radical (unpaired) electrons. The molecule has 0 saturated carbocycles. The Morgan fingerprint density at radius 1 is 1.17 bits per heavy atom. The summed E-state index contributed by atoms with van der Waals surface area (Å²) in [5, 5.41) is 38.5. The van der Waals surface area contributed by atoms with Gasteiger partial charge in [-0.2, -0.15) is 10.2 Å². The second-order valence-corrected chi connectivity index (χ2v) is 9.43. The van der Waals surface area contributed by atoms with Crippen molar-refractivity contribution in [2.45, 2.75) is 38.3 Å². The fourth-order valence-electron chi connectivity index (χ4n) is 3.88.